The van der Waals surface area contributed by atoms with Crippen molar-refractivity contribution in [3.63, 3.8) is 0 Å². The van der Waals surface area contributed by atoms with E-state index >= 15 is 0 Å². The van der Waals surface area contributed by atoms with Gasteiger partial charge in [-0.15, -0.1) is 0 Å². The van der Waals surface area contributed by atoms with Crippen molar-refractivity contribution in [2.45, 2.75) is 58.0 Å². The molecule has 0 amide bonds. The van der Waals surface area contributed by atoms with E-state index < -0.39 is 29.2 Å². The first kappa shape index (κ1) is 18.9. The van der Waals surface area contributed by atoms with Crippen LogP contribution in [0.5, 0.6) is 0 Å². The topological polar surface area (TPSA) is 95.2 Å². The highest BCUT2D eigenvalue weighted by molar-refractivity contribution is 5.92. The van der Waals surface area contributed by atoms with Crippen LogP contribution in [0, 0.1) is 22.7 Å². The second-order valence-corrected chi connectivity index (χ2v) is 8.98. The molecule has 1 saturated carbocycles. The van der Waals surface area contributed by atoms with Crippen molar-refractivity contribution in [2.24, 2.45) is 22.7 Å². The lowest BCUT2D eigenvalue weighted by Crippen LogP contribution is -2.61. The molecule has 5 rings (SSSR count). The Morgan fingerprint density at radius 2 is 2.17 bits per heavy atom. The summed E-state index contributed by atoms with van der Waals surface area (Å²) in [7, 11) is 0. The second kappa shape index (κ2) is 6.44. The van der Waals surface area contributed by atoms with Crippen molar-refractivity contribution in [1.82, 2.24) is 0 Å². The third kappa shape index (κ3) is 2.50. The summed E-state index contributed by atoms with van der Waals surface area (Å²) in [4.78, 5) is 24.4. The Morgan fingerprint density at radius 3 is 2.90 bits per heavy atom. The van der Waals surface area contributed by atoms with Crippen LogP contribution < -0.4 is 0 Å². The van der Waals surface area contributed by atoms with Gasteiger partial charge in [-0.1, -0.05) is 13.0 Å². The van der Waals surface area contributed by atoms with Crippen molar-refractivity contribution < 1.29 is 33.3 Å². The number of rotatable bonds is 2. The lowest BCUT2D eigenvalue weighted by atomic mass is 9.45. The van der Waals surface area contributed by atoms with Crippen LogP contribution in [0.1, 0.15) is 51.2 Å². The number of hydrogen-bond donors (Lipinski definition) is 1. The highest BCUT2D eigenvalue weighted by atomic mass is 16.7. The number of allylic oxidation sites excluding steroid dienone is 1. The molecule has 7 unspecified atom stereocenters. The minimum Gasteiger partial charge on any atom is -0.472 e. The predicted octanol–water partition coefficient (Wildman–Crippen LogP) is 2.90. The summed E-state index contributed by atoms with van der Waals surface area (Å²) in [5.41, 5.74) is 0.366. The lowest BCUT2D eigenvalue weighted by Gasteiger charge is -2.58. The van der Waals surface area contributed by atoms with Crippen molar-refractivity contribution in [3.8, 4) is 0 Å². The summed E-state index contributed by atoms with van der Waals surface area (Å²) in [5, 5.41) is 11.1. The largest absolute Gasteiger partial charge is 0.472 e. The van der Waals surface area contributed by atoms with Crippen molar-refractivity contribution >= 4 is 11.9 Å². The minimum atomic E-state index is -0.804. The molecule has 3 heterocycles. The molecule has 2 spiro atoms. The molecule has 4 aliphatic rings. The SMILES string of the molecule is CC(=O)OC1OC(c2ccoc2)CC12C(C)C(O)CC13COC(=O)C1=CCCC32. The summed E-state index contributed by atoms with van der Waals surface area (Å²) < 4.78 is 22.7. The lowest BCUT2D eigenvalue weighted by molar-refractivity contribution is -0.236. The second-order valence-electron chi connectivity index (χ2n) is 8.98. The average molecular weight is 402 g/mol. The van der Waals surface area contributed by atoms with Crippen LogP contribution in [0.4, 0.5) is 0 Å². The fourth-order valence-corrected chi connectivity index (χ4v) is 6.51. The number of aliphatic hydroxyl groups is 1. The molecule has 1 aromatic rings. The van der Waals surface area contributed by atoms with Gasteiger partial charge in [0.1, 0.15) is 6.61 Å². The van der Waals surface area contributed by atoms with Crippen molar-refractivity contribution in [3.05, 3.63) is 35.8 Å². The van der Waals surface area contributed by atoms with Gasteiger partial charge in [0.2, 0.25) is 6.29 Å². The first-order chi connectivity index (χ1) is 13.9. The standard InChI is InChI=1S/C22H26O7/c1-12-16(24)8-21-11-27-19(25)15(21)4-3-5-18(21)22(12)9-17(14-6-7-26-10-14)29-20(22)28-13(2)23/h4,6-7,10,12,16-18,20,24H,3,5,8-9,11H2,1-2H3. The molecule has 0 bridgehead atoms. The maximum Gasteiger partial charge on any atom is 0.334 e. The van der Waals surface area contributed by atoms with Gasteiger partial charge in [0, 0.05) is 28.9 Å². The van der Waals surface area contributed by atoms with Gasteiger partial charge in [-0.25, -0.2) is 4.79 Å². The predicted molar refractivity (Wildman–Crippen MR) is 99.1 cm³/mol. The van der Waals surface area contributed by atoms with E-state index in [1.807, 2.05) is 19.1 Å². The third-order valence-corrected chi connectivity index (χ3v) is 7.79. The van der Waals surface area contributed by atoms with Crippen LogP contribution in [-0.2, 0) is 23.8 Å². The van der Waals surface area contributed by atoms with E-state index in [0.717, 1.165) is 18.4 Å². The van der Waals surface area contributed by atoms with Gasteiger partial charge in [-0.3, -0.25) is 4.79 Å². The summed E-state index contributed by atoms with van der Waals surface area (Å²) in [5.74, 6) is -0.884. The van der Waals surface area contributed by atoms with Crippen LogP contribution >= 0.6 is 0 Å². The number of ether oxygens (including phenoxy) is 3. The van der Waals surface area contributed by atoms with Crippen LogP contribution in [-0.4, -0.2) is 36.0 Å². The van der Waals surface area contributed by atoms with Gasteiger partial charge >= 0.3 is 11.9 Å². The van der Waals surface area contributed by atoms with Crippen molar-refractivity contribution in [1.29, 1.82) is 0 Å². The first-order valence-corrected chi connectivity index (χ1v) is 10.3. The Balaban J connectivity index is 1.64. The quantitative estimate of drug-likeness (QED) is 0.760. The Bertz CT molecular complexity index is 859. The van der Waals surface area contributed by atoms with Gasteiger partial charge in [0.15, 0.2) is 0 Å². The van der Waals surface area contributed by atoms with E-state index in [4.69, 9.17) is 18.6 Å². The number of furan rings is 1. The van der Waals surface area contributed by atoms with Crippen molar-refractivity contribution in [2.75, 3.05) is 6.61 Å². The van der Waals surface area contributed by atoms with Gasteiger partial charge in [0.05, 0.1) is 24.7 Å². The molecule has 7 atom stereocenters. The van der Waals surface area contributed by atoms with Gasteiger partial charge in [0.25, 0.3) is 0 Å². The number of hydrogen-bond acceptors (Lipinski definition) is 7. The molecule has 1 N–H and O–H groups in total. The normalized spacial score (nSPS) is 43.5. The van der Waals surface area contributed by atoms with Crippen LogP contribution in [0.3, 0.4) is 0 Å². The summed E-state index contributed by atoms with van der Waals surface area (Å²) in [6.07, 6.45) is 6.06. The monoisotopic (exact) mass is 402 g/mol. The zero-order chi connectivity index (χ0) is 20.4. The fourth-order valence-electron chi connectivity index (χ4n) is 6.51. The maximum atomic E-state index is 12.5. The number of carbonyl (C=O) groups excluding carboxylic acids is 2. The number of esters is 2. The molecule has 1 aromatic heterocycles. The molecule has 2 saturated heterocycles. The number of fused-ring (bicyclic) bond motifs is 1. The molecule has 29 heavy (non-hydrogen) atoms. The van der Waals surface area contributed by atoms with Crippen LogP contribution in [0.2, 0.25) is 0 Å². The smallest absolute Gasteiger partial charge is 0.334 e. The van der Waals surface area contributed by atoms with E-state index in [1.165, 1.54) is 6.92 Å². The summed E-state index contributed by atoms with van der Waals surface area (Å²) in [6.45, 7) is 3.64. The highest BCUT2D eigenvalue weighted by Gasteiger charge is 2.70. The molecule has 2 aliphatic heterocycles. The van der Waals surface area contributed by atoms with E-state index in [0.29, 0.717) is 18.4 Å². The van der Waals surface area contributed by atoms with Gasteiger partial charge < -0.3 is 23.7 Å². The Kier molecular flexibility index (Phi) is 4.19. The van der Waals surface area contributed by atoms with E-state index in [2.05, 4.69) is 0 Å². The molecule has 2 aliphatic carbocycles. The molecule has 3 fully saturated rings. The maximum absolute atomic E-state index is 12.5. The highest BCUT2D eigenvalue weighted by Crippen LogP contribution is 2.68. The number of carbonyl (C=O) groups is 2. The molecular formula is C22H26O7. The zero-order valence-electron chi connectivity index (χ0n) is 16.6. The third-order valence-electron chi connectivity index (χ3n) is 7.79. The molecule has 7 heteroatoms. The molecule has 0 aromatic carbocycles. The Labute approximate surface area is 169 Å². The summed E-state index contributed by atoms with van der Waals surface area (Å²) in [6, 6.07) is 1.85. The minimum absolute atomic E-state index is 0.00102. The van der Waals surface area contributed by atoms with E-state index in [9.17, 15) is 14.7 Å². The molecular weight excluding hydrogens is 376 g/mol. The molecule has 7 nitrogen and oxygen atoms in total. The van der Waals surface area contributed by atoms with Crippen LogP contribution in [0.15, 0.2) is 34.7 Å². The number of aliphatic hydroxyl groups excluding tert-OH is 1. The van der Waals surface area contributed by atoms with E-state index in [1.54, 1.807) is 12.5 Å². The van der Waals surface area contributed by atoms with Crippen LogP contribution in [0.25, 0.3) is 0 Å². The Hall–Kier alpha value is -2.12. The summed E-state index contributed by atoms with van der Waals surface area (Å²) >= 11 is 0. The Morgan fingerprint density at radius 1 is 1.34 bits per heavy atom. The number of cyclic esters (lactones) is 1. The first-order valence-electron chi connectivity index (χ1n) is 10.3. The molecule has 0 radical (unpaired) electrons. The van der Waals surface area contributed by atoms with Gasteiger partial charge in [-0.05, 0) is 43.6 Å². The van der Waals surface area contributed by atoms with Gasteiger partial charge in [-0.2, -0.15) is 0 Å². The zero-order valence-corrected chi connectivity index (χ0v) is 16.6. The average Bonchev–Trinajstić information content (AvgIpc) is 3.39. The fraction of sp³-hybridized carbons (Fsp3) is 0.636. The van der Waals surface area contributed by atoms with E-state index in [-0.39, 0.29) is 30.5 Å². The molecule has 156 valence electrons.